The summed E-state index contributed by atoms with van der Waals surface area (Å²) in [4.78, 5) is 0. The summed E-state index contributed by atoms with van der Waals surface area (Å²) in [7, 11) is 1.74. The fourth-order valence-corrected chi connectivity index (χ4v) is 2.50. The van der Waals surface area contributed by atoms with Crippen LogP contribution < -0.4 is 11.3 Å². The van der Waals surface area contributed by atoms with Crippen molar-refractivity contribution in [1.82, 2.24) is 5.43 Å². The Bertz CT molecular complexity index is 396. The van der Waals surface area contributed by atoms with Crippen molar-refractivity contribution in [2.45, 2.75) is 46.8 Å². The Kier molecular flexibility index (Phi) is 4.91. The minimum absolute atomic E-state index is 0.00407. The molecule has 3 heteroatoms. The molecule has 2 atom stereocenters. The van der Waals surface area contributed by atoms with Crippen LogP contribution in [0, 0.1) is 19.3 Å². The number of hydrazine groups is 1. The summed E-state index contributed by atoms with van der Waals surface area (Å²) in [6.45, 7) is 10.7. The molecule has 0 bridgehead atoms. The molecule has 0 saturated heterocycles. The van der Waals surface area contributed by atoms with Crippen LogP contribution >= 0.6 is 0 Å². The number of hydrogen-bond donors (Lipinski definition) is 2. The van der Waals surface area contributed by atoms with E-state index in [0.29, 0.717) is 0 Å². The molecule has 1 aromatic carbocycles. The Morgan fingerprint density at radius 1 is 1.22 bits per heavy atom. The van der Waals surface area contributed by atoms with E-state index in [0.717, 1.165) is 0 Å². The Hall–Kier alpha value is -0.900. The van der Waals surface area contributed by atoms with Gasteiger partial charge in [0.05, 0.1) is 12.1 Å². The van der Waals surface area contributed by atoms with Crippen LogP contribution in [0.1, 0.15) is 43.5 Å². The lowest BCUT2D eigenvalue weighted by atomic mass is 9.81. The molecule has 0 heterocycles. The molecule has 0 amide bonds. The van der Waals surface area contributed by atoms with Gasteiger partial charge in [0.15, 0.2) is 0 Å². The average molecular weight is 250 g/mol. The second-order valence-corrected chi connectivity index (χ2v) is 6.03. The quantitative estimate of drug-likeness (QED) is 0.638. The number of rotatable bonds is 4. The summed E-state index contributed by atoms with van der Waals surface area (Å²) in [5.74, 6) is 5.75. The van der Waals surface area contributed by atoms with E-state index in [4.69, 9.17) is 10.6 Å². The van der Waals surface area contributed by atoms with E-state index in [-0.39, 0.29) is 17.6 Å². The van der Waals surface area contributed by atoms with Gasteiger partial charge in [0, 0.05) is 7.11 Å². The molecule has 0 saturated carbocycles. The van der Waals surface area contributed by atoms with Crippen LogP contribution in [0.5, 0.6) is 0 Å². The highest BCUT2D eigenvalue weighted by molar-refractivity contribution is 5.33. The lowest BCUT2D eigenvalue weighted by Crippen LogP contribution is -2.44. The summed E-state index contributed by atoms with van der Waals surface area (Å²) < 4.78 is 5.66. The zero-order valence-corrected chi connectivity index (χ0v) is 12.4. The predicted octanol–water partition coefficient (Wildman–Crippen LogP) is 2.87. The molecule has 0 spiro atoms. The number of methoxy groups -OCH3 is 1. The minimum Gasteiger partial charge on any atom is -0.379 e. The number of benzene rings is 1. The molecule has 0 aliphatic heterocycles. The second-order valence-electron chi connectivity index (χ2n) is 6.03. The summed E-state index contributed by atoms with van der Waals surface area (Å²) in [6, 6.07) is 6.42. The van der Waals surface area contributed by atoms with Crippen molar-refractivity contribution < 1.29 is 4.74 Å². The first-order chi connectivity index (χ1) is 8.31. The van der Waals surface area contributed by atoms with Crippen molar-refractivity contribution in [3.8, 4) is 0 Å². The molecule has 0 aliphatic carbocycles. The van der Waals surface area contributed by atoms with Crippen molar-refractivity contribution in [1.29, 1.82) is 0 Å². The Labute approximate surface area is 111 Å². The number of nitrogens with one attached hydrogen (secondary N) is 1. The van der Waals surface area contributed by atoms with Crippen molar-refractivity contribution in [2.24, 2.45) is 11.3 Å². The zero-order valence-electron chi connectivity index (χ0n) is 12.4. The third kappa shape index (κ3) is 3.31. The van der Waals surface area contributed by atoms with Gasteiger partial charge in [-0.05, 0) is 30.4 Å². The van der Waals surface area contributed by atoms with Crippen molar-refractivity contribution in [3.05, 3.63) is 34.9 Å². The predicted molar refractivity (Wildman–Crippen MR) is 76.2 cm³/mol. The van der Waals surface area contributed by atoms with E-state index < -0.39 is 0 Å². The number of hydrogen-bond acceptors (Lipinski definition) is 3. The molecular formula is C15H26N2O. The molecule has 1 rings (SSSR count). The highest BCUT2D eigenvalue weighted by Gasteiger charge is 2.33. The van der Waals surface area contributed by atoms with Gasteiger partial charge >= 0.3 is 0 Å². The number of aryl methyl sites for hydroxylation is 2. The van der Waals surface area contributed by atoms with Crippen LogP contribution in [0.4, 0.5) is 0 Å². The van der Waals surface area contributed by atoms with Gasteiger partial charge in [-0.2, -0.15) is 0 Å². The molecular weight excluding hydrogens is 224 g/mol. The van der Waals surface area contributed by atoms with Gasteiger partial charge in [-0.25, -0.2) is 0 Å². The molecule has 2 unspecified atom stereocenters. The highest BCUT2D eigenvalue weighted by atomic mass is 16.5. The van der Waals surface area contributed by atoms with Crippen LogP contribution in [-0.2, 0) is 4.74 Å². The van der Waals surface area contributed by atoms with Gasteiger partial charge in [0.25, 0.3) is 0 Å². The smallest absolute Gasteiger partial charge is 0.0827 e. The van der Waals surface area contributed by atoms with E-state index >= 15 is 0 Å². The molecule has 0 aliphatic rings. The van der Waals surface area contributed by atoms with Crippen LogP contribution in [-0.4, -0.2) is 13.2 Å². The van der Waals surface area contributed by atoms with Gasteiger partial charge in [-0.1, -0.05) is 44.5 Å². The average Bonchev–Trinajstić information content (AvgIpc) is 2.25. The third-order valence-electron chi connectivity index (χ3n) is 3.35. The first-order valence-corrected chi connectivity index (χ1v) is 6.37. The second kappa shape index (κ2) is 5.83. The first kappa shape index (κ1) is 15.2. The minimum atomic E-state index is -0.00407. The van der Waals surface area contributed by atoms with Crippen molar-refractivity contribution >= 4 is 0 Å². The Morgan fingerprint density at radius 3 is 2.22 bits per heavy atom. The van der Waals surface area contributed by atoms with E-state index in [1.165, 1.54) is 16.7 Å². The maximum atomic E-state index is 5.75. The topological polar surface area (TPSA) is 47.3 Å². The van der Waals surface area contributed by atoms with Gasteiger partial charge in [0.1, 0.15) is 0 Å². The highest BCUT2D eigenvalue weighted by Crippen LogP contribution is 2.33. The lowest BCUT2D eigenvalue weighted by Gasteiger charge is -2.36. The Morgan fingerprint density at radius 2 is 1.83 bits per heavy atom. The maximum Gasteiger partial charge on any atom is 0.0827 e. The summed E-state index contributed by atoms with van der Waals surface area (Å²) in [6.07, 6.45) is 0.0175. The molecule has 0 radical (unpaired) electrons. The van der Waals surface area contributed by atoms with Crippen molar-refractivity contribution in [2.75, 3.05) is 7.11 Å². The fourth-order valence-electron chi connectivity index (χ4n) is 2.50. The Balaban J connectivity index is 3.16. The summed E-state index contributed by atoms with van der Waals surface area (Å²) in [5, 5.41) is 0. The largest absolute Gasteiger partial charge is 0.379 e. The summed E-state index contributed by atoms with van der Waals surface area (Å²) in [5.41, 5.74) is 6.63. The van der Waals surface area contributed by atoms with Crippen LogP contribution in [0.15, 0.2) is 18.2 Å². The van der Waals surface area contributed by atoms with Crippen molar-refractivity contribution in [3.63, 3.8) is 0 Å². The van der Waals surface area contributed by atoms with Crippen LogP contribution in [0.3, 0.4) is 0 Å². The van der Waals surface area contributed by atoms with Gasteiger partial charge in [-0.15, -0.1) is 0 Å². The lowest BCUT2D eigenvalue weighted by molar-refractivity contribution is -0.0121. The van der Waals surface area contributed by atoms with E-state index in [2.05, 4.69) is 58.2 Å². The molecule has 18 heavy (non-hydrogen) atoms. The first-order valence-electron chi connectivity index (χ1n) is 6.37. The molecule has 3 N–H and O–H groups in total. The molecule has 3 nitrogen and oxygen atoms in total. The monoisotopic (exact) mass is 250 g/mol. The van der Waals surface area contributed by atoms with Gasteiger partial charge < -0.3 is 4.74 Å². The number of nitrogens with two attached hydrogens (primary N) is 1. The fraction of sp³-hybridized carbons (Fsp3) is 0.600. The molecule has 102 valence electrons. The third-order valence-corrected chi connectivity index (χ3v) is 3.35. The molecule has 0 aromatic heterocycles. The number of ether oxygens (including phenoxy) is 1. The SMILES string of the molecule is COC(C(NN)c1ccc(C)cc1C)C(C)(C)C. The van der Waals surface area contributed by atoms with Crippen LogP contribution in [0.2, 0.25) is 0 Å². The van der Waals surface area contributed by atoms with Gasteiger partial charge in [0.2, 0.25) is 0 Å². The van der Waals surface area contributed by atoms with E-state index in [9.17, 15) is 0 Å². The standard InChI is InChI=1S/C15H26N2O/c1-10-7-8-12(11(2)9-10)13(17-16)14(18-6)15(3,4)5/h7-9,13-14,17H,16H2,1-6H3. The zero-order chi connectivity index (χ0) is 13.9. The normalized spacial score (nSPS) is 15.5. The van der Waals surface area contributed by atoms with Gasteiger partial charge in [-0.3, -0.25) is 11.3 Å². The maximum absolute atomic E-state index is 5.75. The molecule has 1 aromatic rings. The summed E-state index contributed by atoms with van der Waals surface area (Å²) >= 11 is 0. The van der Waals surface area contributed by atoms with E-state index in [1.54, 1.807) is 7.11 Å². The van der Waals surface area contributed by atoms with Crippen LogP contribution in [0.25, 0.3) is 0 Å². The molecule has 0 fully saturated rings. The van der Waals surface area contributed by atoms with E-state index in [1.807, 2.05) is 0 Å².